The highest BCUT2D eigenvalue weighted by atomic mass is 32.2. The lowest BCUT2D eigenvalue weighted by Gasteiger charge is -2.11. The molecule has 0 saturated heterocycles. The van der Waals surface area contributed by atoms with Crippen molar-refractivity contribution in [3.05, 3.63) is 23.8 Å². The molecule has 102 valence electrons. The fraction of sp³-hybridized carbons (Fsp3) is 0.364. The average Bonchev–Trinajstić information content (AvgIpc) is 3.06. The van der Waals surface area contributed by atoms with Crippen molar-refractivity contribution >= 4 is 15.9 Å². The van der Waals surface area contributed by atoms with Crippen molar-refractivity contribution < 1.29 is 21.9 Å². The number of halogens is 2. The first-order chi connectivity index (χ1) is 8.97. The molecule has 0 aromatic heterocycles. The van der Waals surface area contributed by atoms with Crippen molar-refractivity contribution in [2.24, 2.45) is 4.40 Å². The van der Waals surface area contributed by atoms with E-state index < -0.39 is 16.6 Å². The third kappa shape index (κ3) is 2.27. The Morgan fingerprint density at radius 1 is 1.37 bits per heavy atom. The van der Waals surface area contributed by atoms with Crippen molar-refractivity contribution in [2.75, 3.05) is 0 Å². The quantitative estimate of drug-likeness (QED) is 0.915. The molecule has 1 fully saturated rings. The minimum Gasteiger partial charge on any atom is -0.434 e. The van der Waals surface area contributed by atoms with E-state index in [4.69, 9.17) is 0 Å². The predicted octanol–water partition coefficient (Wildman–Crippen LogP) is 1.49. The van der Waals surface area contributed by atoms with E-state index >= 15 is 0 Å². The van der Waals surface area contributed by atoms with Gasteiger partial charge in [0, 0.05) is 6.04 Å². The summed E-state index contributed by atoms with van der Waals surface area (Å²) in [5.41, 5.74) is 0.0923. The Morgan fingerprint density at radius 2 is 2.11 bits per heavy atom. The molecule has 8 heteroatoms. The Kier molecular flexibility index (Phi) is 2.70. The van der Waals surface area contributed by atoms with Gasteiger partial charge in [0.15, 0.2) is 5.84 Å². The minimum atomic E-state index is -3.83. The Bertz CT molecular complexity index is 654. The van der Waals surface area contributed by atoms with Crippen molar-refractivity contribution in [1.82, 2.24) is 5.32 Å². The first kappa shape index (κ1) is 12.3. The standard InChI is InChI=1S/C11H10F2N2O3S/c12-11(13)18-7-2-1-3-8-9(7)10(14-6-4-5-6)15-19(8,16)17/h1-3,6,11H,4-5H2,(H,14,15). The number of nitrogens with zero attached hydrogens (tertiary/aromatic N) is 1. The van der Waals surface area contributed by atoms with E-state index in [0.717, 1.165) is 12.8 Å². The number of alkyl halides is 2. The number of amidine groups is 1. The van der Waals surface area contributed by atoms with Gasteiger partial charge in [-0.25, -0.2) is 0 Å². The molecule has 1 aliphatic heterocycles. The highest BCUT2D eigenvalue weighted by Gasteiger charge is 2.35. The van der Waals surface area contributed by atoms with Gasteiger partial charge < -0.3 is 10.1 Å². The van der Waals surface area contributed by atoms with Crippen LogP contribution in [0.2, 0.25) is 0 Å². The topological polar surface area (TPSA) is 67.8 Å². The molecular weight excluding hydrogens is 278 g/mol. The van der Waals surface area contributed by atoms with Crippen LogP contribution in [0.1, 0.15) is 18.4 Å². The lowest BCUT2D eigenvalue weighted by atomic mass is 10.2. The maximum atomic E-state index is 12.4. The molecule has 3 rings (SSSR count). The highest BCUT2D eigenvalue weighted by Crippen LogP contribution is 2.34. The molecule has 0 radical (unpaired) electrons. The van der Waals surface area contributed by atoms with Crippen LogP contribution in [0.15, 0.2) is 27.5 Å². The molecule has 19 heavy (non-hydrogen) atoms. The summed E-state index contributed by atoms with van der Waals surface area (Å²) < 4.78 is 56.3. The van der Waals surface area contributed by atoms with E-state index in [2.05, 4.69) is 14.5 Å². The monoisotopic (exact) mass is 288 g/mol. The molecule has 0 unspecified atom stereocenters. The molecule has 2 aliphatic rings. The zero-order valence-corrected chi connectivity index (χ0v) is 10.5. The van der Waals surface area contributed by atoms with Crippen molar-refractivity contribution in [1.29, 1.82) is 0 Å². The van der Waals surface area contributed by atoms with Gasteiger partial charge in [0.2, 0.25) is 0 Å². The summed E-state index contributed by atoms with van der Waals surface area (Å²) in [5, 5.41) is 2.92. The van der Waals surface area contributed by atoms with E-state index in [1.54, 1.807) is 0 Å². The molecule has 1 aliphatic carbocycles. The maximum Gasteiger partial charge on any atom is 0.387 e. The average molecular weight is 288 g/mol. The number of benzene rings is 1. The zero-order valence-electron chi connectivity index (χ0n) is 9.64. The van der Waals surface area contributed by atoms with Crippen LogP contribution in [0.4, 0.5) is 8.78 Å². The van der Waals surface area contributed by atoms with Crippen molar-refractivity contribution in [3.8, 4) is 5.75 Å². The number of rotatable bonds is 3. The van der Waals surface area contributed by atoms with Crippen LogP contribution in [-0.4, -0.2) is 26.9 Å². The number of nitrogens with one attached hydrogen (secondary N) is 1. The molecule has 1 saturated carbocycles. The van der Waals surface area contributed by atoms with Crippen LogP contribution in [-0.2, 0) is 10.0 Å². The second-order valence-electron chi connectivity index (χ2n) is 4.34. The first-order valence-electron chi connectivity index (χ1n) is 5.67. The van der Waals surface area contributed by atoms with E-state index in [-0.39, 0.29) is 28.1 Å². The third-order valence-electron chi connectivity index (χ3n) is 2.85. The van der Waals surface area contributed by atoms with E-state index in [1.165, 1.54) is 18.2 Å². The van der Waals surface area contributed by atoms with Gasteiger partial charge in [0.1, 0.15) is 10.6 Å². The van der Waals surface area contributed by atoms with Crippen LogP contribution in [0, 0.1) is 0 Å². The summed E-state index contributed by atoms with van der Waals surface area (Å²) in [6.07, 6.45) is 1.82. The minimum absolute atomic E-state index is 0.0914. The summed E-state index contributed by atoms with van der Waals surface area (Å²) >= 11 is 0. The molecule has 1 aromatic rings. The van der Waals surface area contributed by atoms with Crippen molar-refractivity contribution in [3.63, 3.8) is 0 Å². The summed E-state index contributed by atoms with van der Waals surface area (Å²) in [5.74, 6) is -0.0887. The second-order valence-corrected chi connectivity index (χ2v) is 5.91. The molecule has 5 nitrogen and oxygen atoms in total. The van der Waals surface area contributed by atoms with Gasteiger partial charge in [0.25, 0.3) is 10.0 Å². The van der Waals surface area contributed by atoms with Crippen molar-refractivity contribution in [2.45, 2.75) is 30.4 Å². The van der Waals surface area contributed by atoms with Gasteiger partial charge in [-0.05, 0) is 25.0 Å². The van der Waals surface area contributed by atoms with Gasteiger partial charge in [-0.15, -0.1) is 4.40 Å². The molecule has 1 heterocycles. The van der Waals surface area contributed by atoms with E-state index in [1.807, 2.05) is 0 Å². The first-order valence-corrected chi connectivity index (χ1v) is 7.11. The third-order valence-corrected chi connectivity index (χ3v) is 4.17. The fourth-order valence-corrected chi connectivity index (χ4v) is 3.08. The molecule has 0 amide bonds. The van der Waals surface area contributed by atoms with Gasteiger partial charge >= 0.3 is 6.61 Å². The van der Waals surface area contributed by atoms with Crippen LogP contribution in [0.3, 0.4) is 0 Å². The number of ether oxygens (including phenoxy) is 1. The SMILES string of the molecule is O=S1(=O)N=C(NC2CC2)c2c(OC(F)F)cccc21. The number of hydrogen-bond acceptors (Lipinski definition) is 4. The molecular formula is C11H10F2N2O3S. The molecule has 0 spiro atoms. The fourth-order valence-electron chi connectivity index (χ4n) is 1.89. The van der Waals surface area contributed by atoms with E-state index in [9.17, 15) is 17.2 Å². The predicted molar refractivity (Wildman–Crippen MR) is 63.0 cm³/mol. The maximum absolute atomic E-state index is 12.4. The highest BCUT2D eigenvalue weighted by molar-refractivity contribution is 7.90. The smallest absolute Gasteiger partial charge is 0.387 e. The lowest BCUT2D eigenvalue weighted by Crippen LogP contribution is -2.26. The van der Waals surface area contributed by atoms with Gasteiger partial charge in [-0.3, -0.25) is 0 Å². The molecule has 1 aromatic carbocycles. The van der Waals surface area contributed by atoms with Crippen LogP contribution in [0.25, 0.3) is 0 Å². The Labute approximate surface area is 108 Å². The summed E-state index contributed by atoms with van der Waals surface area (Å²) in [7, 11) is -3.83. The Balaban J connectivity index is 2.08. The molecule has 1 N–H and O–H groups in total. The van der Waals surface area contributed by atoms with Gasteiger partial charge in [0.05, 0.1) is 5.56 Å². The molecule has 0 atom stereocenters. The van der Waals surface area contributed by atoms with Gasteiger partial charge in [-0.1, -0.05) is 6.07 Å². The normalized spacial score (nSPS) is 20.1. The van der Waals surface area contributed by atoms with E-state index in [0.29, 0.717) is 0 Å². The Morgan fingerprint density at radius 3 is 2.74 bits per heavy atom. The van der Waals surface area contributed by atoms with Crippen LogP contribution >= 0.6 is 0 Å². The van der Waals surface area contributed by atoms with Gasteiger partial charge in [-0.2, -0.15) is 17.2 Å². The summed E-state index contributed by atoms with van der Waals surface area (Å²) in [6.45, 7) is -3.02. The molecule has 0 bridgehead atoms. The lowest BCUT2D eigenvalue weighted by molar-refractivity contribution is -0.0501. The zero-order chi connectivity index (χ0) is 13.6. The number of sulfonamides is 1. The summed E-state index contributed by atoms with van der Waals surface area (Å²) in [4.78, 5) is -0.103. The number of fused-ring (bicyclic) bond motifs is 1. The summed E-state index contributed by atoms with van der Waals surface area (Å²) in [6, 6.07) is 4.13. The second kappa shape index (κ2) is 4.16. The Hall–Kier alpha value is -1.70. The number of hydrogen-bond donors (Lipinski definition) is 1. The van der Waals surface area contributed by atoms with Crippen LogP contribution in [0.5, 0.6) is 5.75 Å². The largest absolute Gasteiger partial charge is 0.434 e. The van der Waals surface area contributed by atoms with Crippen LogP contribution < -0.4 is 10.1 Å².